The lowest BCUT2D eigenvalue weighted by atomic mass is 10.1. The van der Waals surface area contributed by atoms with E-state index in [1.807, 2.05) is 25.1 Å². The summed E-state index contributed by atoms with van der Waals surface area (Å²) < 4.78 is 4.95. The zero-order valence-corrected chi connectivity index (χ0v) is 12.3. The number of aryl methyl sites for hydroxylation is 1. The minimum atomic E-state index is -0.547. The van der Waals surface area contributed by atoms with Crippen molar-refractivity contribution < 1.29 is 14.3 Å². The average Bonchev–Trinajstić information content (AvgIpc) is 2.80. The second-order valence-corrected chi connectivity index (χ2v) is 4.75. The maximum atomic E-state index is 11.9. The number of benzene rings is 1. The molecular formula is C16H18N2O3. The van der Waals surface area contributed by atoms with Gasteiger partial charge in [0.2, 0.25) is 5.91 Å². The molecule has 1 aromatic carbocycles. The minimum absolute atomic E-state index is 0.130. The Kier molecular flexibility index (Phi) is 4.42. The molecule has 0 aliphatic rings. The first-order chi connectivity index (χ1) is 10.0. The molecule has 0 bridgehead atoms. The summed E-state index contributed by atoms with van der Waals surface area (Å²) in [6.45, 7) is 5.34. The Hall–Kier alpha value is -2.56. The second kappa shape index (κ2) is 6.26. The number of ether oxygens (including phenoxy) is 1. The third kappa shape index (κ3) is 3.51. The number of carbonyl (C=O) groups excluding carboxylic acids is 2. The molecule has 1 amide bonds. The number of esters is 1. The van der Waals surface area contributed by atoms with E-state index in [4.69, 9.17) is 4.74 Å². The fraction of sp³-hybridized carbons (Fsp3) is 0.250. The zero-order chi connectivity index (χ0) is 15.4. The van der Waals surface area contributed by atoms with Crippen molar-refractivity contribution in [2.75, 3.05) is 6.61 Å². The average molecular weight is 286 g/mol. The van der Waals surface area contributed by atoms with Gasteiger partial charge in [0.1, 0.15) is 5.70 Å². The highest BCUT2D eigenvalue weighted by Gasteiger charge is 2.13. The number of H-pyrrole nitrogens is 1. The van der Waals surface area contributed by atoms with E-state index in [0.717, 1.165) is 22.0 Å². The van der Waals surface area contributed by atoms with Gasteiger partial charge in [0.05, 0.1) is 6.61 Å². The second-order valence-electron chi connectivity index (χ2n) is 4.75. The van der Waals surface area contributed by atoms with Gasteiger partial charge in [-0.25, -0.2) is 4.79 Å². The van der Waals surface area contributed by atoms with Crippen LogP contribution in [0.5, 0.6) is 0 Å². The molecule has 0 fully saturated rings. The van der Waals surface area contributed by atoms with Crippen LogP contribution in [0, 0.1) is 6.92 Å². The molecular weight excluding hydrogens is 268 g/mol. The van der Waals surface area contributed by atoms with Crippen molar-refractivity contribution in [2.24, 2.45) is 0 Å². The van der Waals surface area contributed by atoms with E-state index in [1.165, 1.54) is 6.92 Å². The van der Waals surface area contributed by atoms with Gasteiger partial charge in [-0.1, -0.05) is 12.1 Å². The predicted molar refractivity (Wildman–Crippen MR) is 81.5 cm³/mol. The van der Waals surface area contributed by atoms with Crippen LogP contribution in [0.2, 0.25) is 0 Å². The first-order valence-corrected chi connectivity index (χ1v) is 6.75. The fourth-order valence-electron chi connectivity index (χ4n) is 2.08. The summed E-state index contributed by atoms with van der Waals surface area (Å²) >= 11 is 0. The molecule has 110 valence electrons. The molecule has 2 aromatic rings. The molecule has 0 saturated carbocycles. The van der Waals surface area contributed by atoms with Gasteiger partial charge in [-0.2, -0.15) is 0 Å². The first-order valence-electron chi connectivity index (χ1n) is 6.75. The Labute approximate surface area is 123 Å². The zero-order valence-electron chi connectivity index (χ0n) is 12.3. The van der Waals surface area contributed by atoms with Crippen molar-refractivity contribution in [1.82, 2.24) is 10.3 Å². The van der Waals surface area contributed by atoms with Crippen molar-refractivity contribution in [3.63, 3.8) is 0 Å². The maximum absolute atomic E-state index is 11.9. The Bertz CT molecular complexity index is 713. The SMILES string of the molecule is CCOC(=O)/C(=C/c1c[nH]c2cc(C)ccc12)NC(C)=O. The number of rotatable bonds is 4. The summed E-state index contributed by atoms with van der Waals surface area (Å²) in [5, 5.41) is 3.49. The van der Waals surface area contributed by atoms with Crippen molar-refractivity contribution in [3.8, 4) is 0 Å². The molecule has 0 aliphatic heterocycles. The van der Waals surface area contributed by atoms with E-state index in [2.05, 4.69) is 10.3 Å². The van der Waals surface area contributed by atoms with E-state index in [-0.39, 0.29) is 18.2 Å². The summed E-state index contributed by atoms with van der Waals surface area (Å²) in [5.41, 5.74) is 3.08. The van der Waals surface area contributed by atoms with Crippen LogP contribution in [0.4, 0.5) is 0 Å². The van der Waals surface area contributed by atoms with Gasteiger partial charge >= 0.3 is 5.97 Å². The van der Waals surface area contributed by atoms with Crippen LogP contribution >= 0.6 is 0 Å². The standard InChI is InChI=1S/C16H18N2O3/c1-4-21-16(20)15(18-11(3)19)8-12-9-17-14-7-10(2)5-6-13(12)14/h5-9,17H,4H2,1-3H3,(H,18,19)/b15-8-. The molecule has 0 atom stereocenters. The molecule has 0 aliphatic carbocycles. The molecule has 1 aromatic heterocycles. The predicted octanol–water partition coefficient (Wildman–Crippen LogP) is 2.52. The first kappa shape index (κ1) is 14.8. The van der Waals surface area contributed by atoms with Crippen molar-refractivity contribution >= 4 is 28.9 Å². The van der Waals surface area contributed by atoms with Crippen molar-refractivity contribution in [2.45, 2.75) is 20.8 Å². The number of fused-ring (bicyclic) bond motifs is 1. The Morgan fingerprint density at radius 1 is 1.38 bits per heavy atom. The largest absolute Gasteiger partial charge is 0.461 e. The normalized spacial score (nSPS) is 11.5. The van der Waals surface area contributed by atoms with Crippen LogP contribution < -0.4 is 5.32 Å². The van der Waals surface area contributed by atoms with E-state index in [1.54, 1.807) is 19.2 Å². The lowest BCUT2D eigenvalue weighted by Crippen LogP contribution is -2.26. The Morgan fingerprint density at radius 3 is 2.81 bits per heavy atom. The highest BCUT2D eigenvalue weighted by molar-refractivity contribution is 6.00. The van der Waals surface area contributed by atoms with Gasteiger partial charge in [0, 0.05) is 29.6 Å². The van der Waals surface area contributed by atoms with E-state index >= 15 is 0 Å². The van der Waals surface area contributed by atoms with E-state index < -0.39 is 5.97 Å². The molecule has 5 nitrogen and oxygen atoms in total. The monoisotopic (exact) mass is 286 g/mol. The minimum Gasteiger partial charge on any atom is -0.461 e. The molecule has 0 saturated heterocycles. The molecule has 0 spiro atoms. The number of hydrogen-bond donors (Lipinski definition) is 2. The molecule has 2 N–H and O–H groups in total. The van der Waals surface area contributed by atoms with Crippen LogP contribution in [0.15, 0.2) is 30.1 Å². The number of carbonyl (C=O) groups is 2. The van der Waals surface area contributed by atoms with Gasteiger partial charge in [-0.05, 0) is 31.6 Å². The van der Waals surface area contributed by atoms with E-state index in [9.17, 15) is 9.59 Å². The van der Waals surface area contributed by atoms with Crippen molar-refractivity contribution in [1.29, 1.82) is 0 Å². The van der Waals surface area contributed by atoms with Gasteiger partial charge < -0.3 is 15.0 Å². The summed E-state index contributed by atoms with van der Waals surface area (Å²) in [7, 11) is 0. The van der Waals surface area contributed by atoms with Crippen LogP contribution in [-0.2, 0) is 14.3 Å². The van der Waals surface area contributed by atoms with Crippen molar-refractivity contribution in [3.05, 3.63) is 41.2 Å². The highest BCUT2D eigenvalue weighted by Crippen LogP contribution is 2.21. The fourth-order valence-corrected chi connectivity index (χ4v) is 2.08. The lowest BCUT2D eigenvalue weighted by molar-refractivity contribution is -0.139. The van der Waals surface area contributed by atoms with Crippen LogP contribution in [-0.4, -0.2) is 23.5 Å². The Balaban J connectivity index is 2.43. The highest BCUT2D eigenvalue weighted by atomic mass is 16.5. The number of nitrogens with one attached hydrogen (secondary N) is 2. The number of aromatic nitrogens is 1. The summed E-state index contributed by atoms with van der Waals surface area (Å²) in [4.78, 5) is 26.3. The van der Waals surface area contributed by atoms with Gasteiger partial charge in [-0.15, -0.1) is 0 Å². The number of amides is 1. The smallest absolute Gasteiger partial charge is 0.354 e. The molecule has 0 radical (unpaired) electrons. The molecule has 1 heterocycles. The van der Waals surface area contributed by atoms with Crippen LogP contribution in [0.25, 0.3) is 17.0 Å². The van der Waals surface area contributed by atoms with Crippen LogP contribution in [0.3, 0.4) is 0 Å². The summed E-state index contributed by atoms with van der Waals surface area (Å²) in [6.07, 6.45) is 3.42. The van der Waals surface area contributed by atoms with Gasteiger partial charge in [0.25, 0.3) is 0 Å². The molecule has 21 heavy (non-hydrogen) atoms. The van der Waals surface area contributed by atoms with E-state index in [0.29, 0.717) is 0 Å². The number of aromatic amines is 1. The van der Waals surface area contributed by atoms with Crippen LogP contribution in [0.1, 0.15) is 25.0 Å². The molecule has 5 heteroatoms. The topological polar surface area (TPSA) is 71.2 Å². The lowest BCUT2D eigenvalue weighted by Gasteiger charge is -2.07. The summed E-state index contributed by atoms with van der Waals surface area (Å²) in [5.74, 6) is -0.862. The Morgan fingerprint density at radius 2 is 2.14 bits per heavy atom. The maximum Gasteiger partial charge on any atom is 0.354 e. The number of hydrogen-bond acceptors (Lipinski definition) is 3. The van der Waals surface area contributed by atoms with Gasteiger partial charge in [-0.3, -0.25) is 4.79 Å². The third-order valence-electron chi connectivity index (χ3n) is 2.98. The van der Waals surface area contributed by atoms with Gasteiger partial charge in [0.15, 0.2) is 0 Å². The molecule has 2 rings (SSSR count). The third-order valence-corrected chi connectivity index (χ3v) is 2.98. The summed E-state index contributed by atoms with van der Waals surface area (Å²) in [6, 6.07) is 5.99. The molecule has 0 unspecified atom stereocenters. The quantitative estimate of drug-likeness (QED) is 0.670.